The van der Waals surface area contributed by atoms with Gasteiger partial charge in [0.15, 0.2) is 5.96 Å². The number of aryl methyl sites for hydroxylation is 2. The van der Waals surface area contributed by atoms with Crippen molar-refractivity contribution in [2.75, 3.05) is 51.0 Å². The van der Waals surface area contributed by atoms with Gasteiger partial charge in [-0.25, -0.2) is 9.97 Å². The minimum absolute atomic E-state index is 0.0373. The van der Waals surface area contributed by atoms with E-state index in [1.165, 1.54) is 13.2 Å². The van der Waals surface area contributed by atoms with Gasteiger partial charge in [-0.05, 0) is 63.2 Å². The fourth-order valence-corrected chi connectivity index (χ4v) is 6.09. The number of primary amides is 1. The molecule has 0 atom stereocenters. The molecule has 5 aromatic rings. The van der Waals surface area contributed by atoms with E-state index in [4.69, 9.17) is 37.1 Å². The molecule has 2 aromatic carbocycles. The van der Waals surface area contributed by atoms with Crippen molar-refractivity contribution in [3.8, 4) is 11.5 Å². The molecule has 0 aliphatic heterocycles. The number of hydrogen-bond donors (Lipinski definition) is 6. The number of amides is 2. The van der Waals surface area contributed by atoms with E-state index < -0.39 is 11.8 Å². The standard InChI is InChI=1S/C37H47N13O5/c1-5-50-28(17-23(2)46-50)34(53)45-37-44-27-20-25(33(39)52)21-29(54-4)31(27)49(37)15-7-6-14-48-32-26(43-36(48)42-3)18-24(22-51)19-30(32)55-16-9-8-12-47(35(40)41)13-10-11-38/h6-9,17-22H,5,10-16,38H2,1-4H3,(H2,39,52)(H3,40,41)(H,42,43)(H,44,45,53)/b7-6+,9-8+. The van der Waals surface area contributed by atoms with Gasteiger partial charge in [0.25, 0.3) is 5.91 Å². The maximum absolute atomic E-state index is 13.5. The second-order valence-corrected chi connectivity index (χ2v) is 12.4. The molecule has 0 aliphatic carbocycles. The Morgan fingerprint density at radius 1 is 0.964 bits per heavy atom. The molecule has 5 rings (SSSR count). The number of hydrogen-bond acceptors (Lipinski definition) is 11. The van der Waals surface area contributed by atoms with E-state index in [9.17, 15) is 14.4 Å². The van der Waals surface area contributed by atoms with Crippen molar-refractivity contribution in [1.29, 1.82) is 5.41 Å². The summed E-state index contributed by atoms with van der Waals surface area (Å²) >= 11 is 0. The summed E-state index contributed by atoms with van der Waals surface area (Å²) in [6.45, 7) is 6.48. The zero-order chi connectivity index (χ0) is 39.6. The van der Waals surface area contributed by atoms with Crippen molar-refractivity contribution in [2.45, 2.75) is 39.9 Å². The summed E-state index contributed by atoms with van der Waals surface area (Å²) in [6, 6.07) is 8.15. The summed E-state index contributed by atoms with van der Waals surface area (Å²) < 4.78 is 17.1. The fraction of sp³-hybridized carbons (Fsp3) is 0.324. The van der Waals surface area contributed by atoms with Gasteiger partial charge in [0, 0.05) is 50.9 Å². The van der Waals surface area contributed by atoms with Crippen molar-refractivity contribution >= 4 is 58.0 Å². The zero-order valence-electron chi connectivity index (χ0n) is 31.3. The third-order valence-corrected chi connectivity index (χ3v) is 8.70. The first-order valence-electron chi connectivity index (χ1n) is 17.7. The van der Waals surface area contributed by atoms with Gasteiger partial charge >= 0.3 is 0 Å². The Hall–Kier alpha value is -6.69. The first kappa shape index (κ1) is 39.5. The largest absolute Gasteiger partial charge is 0.494 e. The van der Waals surface area contributed by atoms with E-state index in [1.807, 2.05) is 42.7 Å². The number of guanidine groups is 1. The number of methoxy groups -OCH3 is 1. The summed E-state index contributed by atoms with van der Waals surface area (Å²) in [6.07, 6.45) is 8.96. The van der Waals surface area contributed by atoms with Gasteiger partial charge in [-0.2, -0.15) is 5.10 Å². The van der Waals surface area contributed by atoms with Crippen LogP contribution in [-0.4, -0.2) is 98.2 Å². The van der Waals surface area contributed by atoms with E-state index in [0.29, 0.717) is 95.6 Å². The molecule has 0 radical (unpaired) electrons. The molecule has 3 aromatic heterocycles. The molecule has 0 fully saturated rings. The number of carbonyl (C=O) groups is 3. The summed E-state index contributed by atoms with van der Waals surface area (Å²) in [4.78, 5) is 48.5. The van der Waals surface area contributed by atoms with Crippen molar-refractivity contribution in [3.05, 3.63) is 77.2 Å². The smallest absolute Gasteiger partial charge is 0.276 e. The van der Waals surface area contributed by atoms with Crippen LogP contribution in [0.25, 0.3) is 22.1 Å². The first-order valence-corrected chi connectivity index (χ1v) is 17.7. The van der Waals surface area contributed by atoms with Crippen LogP contribution in [0.15, 0.2) is 54.6 Å². The van der Waals surface area contributed by atoms with Gasteiger partial charge in [-0.1, -0.05) is 18.2 Å². The Bertz CT molecular complexity index is 2270. The monoisotopic (exact) mass is 753 g/mol. The third kappa shape index (κ3) is 8.93. The SMILES string of the molecule is CCn1nc(C)cc1C(=O)Nc1nc2cc(C(N)=O)cc(OC)c2n1C/C=C/Cn1c(NC)nc2cc(C=O)cc(OC/C=C/CN(CCCN)C(=N)N)c21. The molecular weight excluding hydrogens is 706 g/mol. The van der Waals surface area contributed by atoms with Crippen LogP contribution in [-0.2, 0) is 19.6 Å². The van der Waals surface area contributed by atoms with Gasteiger partial charge in [0.05, 0.1) is 23.8 Å². The number of nitrogens with two attached hydrogens (primary N) is 3. The second kappa shape index (κ2) is 17.9. The number of carbonyl (C=O) groups excluding carboxylic acids is 3. The topological polar surface area (TPSA) is 252 Å². The van der Waals surface area contributed by atoms with Crippen molar-refractivity contribution in [3.63, 3.8) is 0 Å². The predicted molar refractivity (Wildman–Crippen MR) is 211 cm³/mol. The van der Waals surface area contributed by atoms with Crippen LogP contribution in [0.5, 0.6) is 11.5 Å². The number of aldehydes is 1. The van der Waals surface area contributed by atoms with Crippen molar-refractivity contribution in [2.24, 2.45) is 17.2 Å². The molecule has 0 spiro atoms. The minimum atomic E-state index is -0.645. The van der Waals surface area contributed by atoms with E-state index in [1.54, 1.807) is 45.5 Å². The number of nitrogens with zero attached hydrogens (tertiary/aromatic N) is 7. The first-order chi connectivity index (χ1) is 26.5. The van der Waals surface area contributed by atoms with Crippen LogP contribution in [0.1, 0.15) is 50.2 Å². The molecule has 9 N–H and O–H groups in total. The number of fused-ring (bicyclic) bond motifs is 2. The van der Waals surface area contributed by atoms with Crippen LogP contribution in [0.2, 0.25) is 0 Å². The lowest BCUT2D eigenvalue weighted by molar-refractivity contribution is 0.0995. The quantitative estimate of drug-likeness (QED) is 0.0308. The third-order valence-electron chi connectivity index (χ3n) is 8.70. The molecular formula is C37H47N13O5. The molecule has 290 valence electrons. The lowest BCUT2D eigenvalue weighted by atomic mass is 10.1. The molecule has 0 bridgehead atoms. The van der Waals surface area contributed by atoms with Crippen LogP contribution < -0.4 is 37.3 Å². The van der Waals surface area contributed by atoms with Crippen molar-refractivity contribution in [1.82, 2.24) is 33.8 Å². The molecule has 0 saturated carbocycles. The number of allylic oxidation sites excluding steroid dienone is 2. The van der Waals surface area contributed by atoms with Gasteiger partial charge in [0.2, 0.25) is 17.8 Å². The van der Waals surface area contributed by atoms with Gasteiger partial charge in [-0.15, -0.1) is 0 Å². The number of imidazole rings is 2. The fourth-order valence-electron chi connectivity index (χ4n) is 6.09. The van der Waals surface area contributed by atoms with E-state index in [0.717, 1.165) is 6.29 Å². The van der Waals surface area contributed by atoms with Crippen LogP contribution in [0, 0.1) is 12.3 Å². The highest BCUT2D eigenvalue weighted by atomic mass is 16.5. The predicted octanol–water partition coefficient (Wildman–Crippen LogP) is 2.86. The molecule has 0 saturated heterocycles. The van der Waals surface area contributed by atoms with E-state index >= 15 is 0 Å². The minimum Gasteiger partial charge on any atom is -0.494 e. The average Bonchev–Trinajstić information content (AvgIpc) is 3.85. The lowest BCUT2D eigenvalue weighted by Gasteiger charge is -2.20. The van der Waals surface area contributed by atoms with Crippen LogP contribution in [0.3, 0.4) is 0 Å². The number of rotatable bonds is 19. The maximum Gasteiger partial charge on any atom is 0.276 e. The molecule has 18 heteroatoms. The molecule has 2 amide bonds. The Kier molecular flexibility index (Phi) is 12.9. The second-order valence-electron chi connectivity index (χ2n) is 12.4. The number of anilines is 2. The summed E-state index contributed by atoms with van der Waals surface area (Å²) in [5, 5.41) is 18.2. The molecule has 3 heterocycles. The van der Waals surface area contributed by atoms with E-state index in [2.05, 4.69) is 20.7 Å². The van der Waals surface area contributed by atoms with Crippen LogP contribution >= 0.6 is 0 Å². The van der Waals surface area contributed by atoms with Gasteiger partial charge in [-0.3, -0.25) is 29.8 Å². The number of ether oxygens (including phenoxy) is 2. The average molecular weight is 754 g/mol. The van der Waals surface area contributed by atoms with Gasteiger partial charge in [0.1, 0.15) is 41.1 Å². The number of nitrogens with one attached hydrogen (secondary N) is 3. The highest BCUT2D eigenvalue weighted by Crippen LogP contribution is 2.32. The van der Waals surface area contributed by atoms with Crippen LogP contribution in [0.4, 0.5) is 11.9 Å². The normalized spacial score (nSPS) is 11.5. The molecule has 18 nitrogen and oxygen atoms in total. The Morgan fingerprint density at radius 3 is 2.29 bits per heavy atom. The Balaban J connectivity index is 1.44. The maximum atomic E-state index is 13.5. The van der Waals surface area contributed by atoms with Gasteiger partial charge < -0.3 is 46.0 Å². The highest BCUT2D eigenvalue weighted by Gasteiger charge is 2.22. The molecule has 0 aliphatic rings. The highest BCUT2D eigenvalue weighted by molar-refractivity contribution is 6.04. The van der Waals surface area contributed by atoms with Crippen molar-refractivity contribution < 1.29 is 23.9 Å². The Labute approximate surface area is 317 Å². The molecule has 55 heavy (non-hydrogen) atoms. The molecule has 0 unspecified atom stereocenters. The lowest BCUT2D eigenvalue weighted by Crippen LogP contribution is -2.37. The zero-order valence-corrected chi connectivity index (χ0v) is 31.3. The summed E-state index contributed by atoms with van der Waals surface area (Å²) in [5.74, 6) is 0.501. The number of aromatic nitrogens is 6. The van der Waals surface area contributed by atoms with E-state index in [-0.39, 0.29) is 30.6 Å². The Morgan fingerprint density at radius 2 is 1.65 bits per heavy atom. The number of benzene rings is 2. The summed E-state index contributed by atoms with van der Waals surface area (Å²) in [5.41, 5.74) is 20.8. The summed E-state index contributed by atoms with van der Waals surface area (Å²) in [7, 11) is 3.23.